The van der Waals surface area contributed by atoms with Gasteiger partial charge in [0.2, 0.25) is 0 Å². The molecule has 0 spiro atoms. The first-order valence-corrected chi connectivity index (χ1v) is 11.5. The van der Waals surface area contributed by atoms with E-state index in [1.807, 2.05) is 13.0 Å². The number of rotatable bonds is 6. The number of carboxylic acids is 1. The number of amides is 2. The fraction of sp³-hybridized carbons (Fsp3) is 0.222. The first-order valence-electron chi connectivity index (χ1n) is 11.5. The maximum absolute atomic E-state index is 13.1. The lowest BCUT2D eigenvalue weighted by atomic mass is 10.1. The van der Waals surface area contributed by atoms with Crippen molar-refractivity contribution in [1.29, 1.82) is 5.26 Å². The van der Waals surface area contributed by atoms with Gasteiger partial charge < -0.3 is 24.4 Å². The van der Waals surface area contributed by atoms with Crippen molar-refractivity contribution in [3.8, 4) is 17.6 Å². The SMILES string of the molecule is CC1CN(C(=O)Oc2cncc(C(=O)O)c2)CCN1C(=O)c1ccc(OCc2cccc(C#N)c2)cc1. The first-order chi connectivity index (χ1) is 17.8. The van der Waals surface area contributed by atoms with Crippen LogP contribution in [0.5, 0.6) is 11.5 Å². The van der Waals surface area contributed by atoms with Gasteiger partial charge in [0.1, 0.15) is 12.4 Å². The molecule has 4 rings (SSSR count). The van der Waals surface area contributed by atoms with Crippen LogP contribution in [0.2, 0.25) is 0 Å². The third-order valence-electron chi connectivity index (χ3n) is 5.87. The molecule has 1 unspecified atom stereocenters. The van der Waals surface area contributed by atoms with Crippen LogP contribution in [0.25, 0.3) is 0 Å². The molecule has 1 saturated heterocycles. The van der Waals surface area contributed by atoms with E-state index in [1.165, 1.54) is 23.4 Å². The molecular weight excluding hydrogens is 476 g/mol. The van der Waals surface area contributed by atoms with Crippen LogP contribution >= 0.6 is 0 Å². The second-order valence-electron chi connectivity index (χ2n) is 8.50. The Labute approximate surface area is 213 Å². The molecule has 0 saturated carbocycles. The number of benzene rings is 2. The molecule has 2 heterocycles. The van der Waals surface area contributed by atoms with Crippen LogP contribution < -0.4 is 9.47 Å². The van der Waals surface area contributed by atoms with Gasteiger partial charge in [-0.3, -0.25) is 9.78 Å². The Morgan fingerprint density at radius 1 is 1.05 bits per heavy atom. The van der Waals surface area contributed by atoms with E-state index >= 15 is 0 Å². The summed E-state index contributed by atoms with van der Waals surface area (Å²) in [7, 11) is 0. The molecule has 2 amide bonds. The summed E-state index contributed by atoms with van der Waals surface area (Å²) in [5.41, 5.74) is 1.85. The zero-order valence-electron chi connectivity index (χ0n) is 20.0. The highest BCUT2D eigenvalue weighted by atomic mass is 16.6. The Balaban J connectivity index is 1.31. The summed E-state index contributed by atoms with van der Waals surface area (Å²) in [5, 5.41) is 18.1. The molecule has 1 atom stereocenters. The predicted molar refractivity (Wildman–Crippen MR) is 131 cm³/mol. The van der Waals surface area contributed by atoms with Crippen molar-refractivity contribution in [1.82, 2.24) is 14.8 Å². The molecule has 10 nitrogen and oxygen atoms in total. The van der Waals surface area contributed by atoms with Crippen molar-refractivity contribution in [3.63, 3.8) is 0 Å². The quantitative estimate of drug-likeness (QED) is 0.543. The number of nitriles is 1. The normalized spacial score (nSPS) is 15.0. The first kappa shape index (κ1) is 25.2. The zero-order valence-corrected chi connectivity index (χ0v) is 20.0. The topological polar surface area (TPSA) is 133 Å². The zero-order chi connectivity index (χ0) is 26.4. The molecular formula is C27H24N4O6. The highest BCUT2D eigenvalue weighted by molar-refractivity contribution is 5.94. The number of piperazine rings is 1. The maximum atomic E-state index is 13.1. The molecule has 0 bridgehead atoms. The Hall–Kier alpha value is -4.91. The monoisotopic (exact) mass is 500 g/mol. The smallest absolute Gasteiger partial charge is 0.415 e. The Morgan fingerprint density at radius 2 is 1.84 bits per heavy atom. The van der Waals surface area contributed by atoms with E-state index < -0.39 is 12.1 Å². The fourth-order valence-electron chi connectivity index (χ4n) is 3.94. The summed E-state index contributed by atoms with van der Waals surface area (Å²) in [6.45, 7) is 2.99. The second-order valence-corrected chi connectivity index (χ2v) is 8.50. The van der Waals surface area contributed by atoms with Crippen molar-refractivity contribution >= 4 is 18.0 Å². The van der Waals surface area contributed by atoms with E-state index in [0.717, 1.165) is 5.56 Å². The van der Waals surface area contributed by atoms with E-state index in [1.54, 1.807) is 47.4 Å². The van der Waals surface area contributed by atoms with E-state index in [9.17, 15) is 14.4 Å². The number of hydrogen-bond donors (Lipinski definition) is 1. The van der Waals surface area contributed by atoms with Crippen LogP contribution in [-0.2, 0) is 6.61 Å². The van der Waals surface area contributed by atoms with Gasteiger partial charge in [-0.1, -0.05) is 12.1 Å². The number of pyridine rings is 1. The number of aromatic nitrogens is 1. The Kier molecular flexibility index (Phi) is 7.64. The Morgan fingerprint density at radius 3 is 2.54 bits per heavy atom. The van der Waals surface area contributed by atoms with Gasteiger partial charge in [0.15, 0.2) is 5.75 Å². The number of carboxylic acid groups (broad SMARTS) is 1. The molecule has 0 radical (unpaired) electrons. The lowest BCUT2D eigenvalue weighted by Gasteiger charge is -2.39. The standard InChI is InChI=1S/C27H24N4O6/c1-18-16-30(27(35)37-24-12-22(26(33)34)14-29-15-24)9-10-31(18)25(32)21-5-7-23(8-6-21)36-17-20-4-2-3-19(11-20)13-28/h2-8,11-12,14-15,18H,9-10,16-17H2,1H3,(H,33,34). The molecule has 188 valence electrons. The van der Waals surface area contributed by atoms with E-state index in [0.29, 0.717) is 30.0 Å². The van der Waals surface area contributed by atoms with Gasteiger partial charge in [0.25, 0.3) is 5.91 Å². The third-order valence-corrected chi connectivity index (χ3v) is 5.87. The van der Waals surface area contributed by atoms with E-state index in [-0.39, 0.29) is 36.4 Å². The molecule has 1 N–H and O–H groups in total. The molecule has 3 aromatic rings. The Bertz CT molecular complexity index is 1350. The molecule has 1 fully saturated rings. The minimum Gasteiger partial charge on any atom is -0.489 e. The summed E-state index contributed by atoms with van der Waals surface area (Å²) in [5.74, 6) is -0.694. The largest absolute Gasteiger partial charge is 0.489 e. The fourth-order valence-corrected chi connectivity index (χ4v) is 3.94. The van der Waals surface area contributed by atoms with Crippen molar-refractivity contribution in [2.75, 3.05) is 19.6 Å². The summed E-state index contributed by atoms with van der Waals surface area (Å²) < 4.78 is 11.1. The lowest BCUT2D eigenvalue weighted by molar-refractivity contribution is 0.0495. The van der Waals surface area contributed by atoms with Crippen LogP contribution in [0.15, 0.2) is 67.0 Å². The highest BCUT2D eigenvalue weighted by Crippen LogP contribution is 2.20. The summed E-state index contributed by atoms with van der Waals surface area (Å²) in [4.78, 5) is 43.7. The number of ether oxygens (including phenoxy) is 2. The molecule has 1 aliphatic heterocycles. The number of carbonyl (C=O) groups is 3. The minimum absolute atomic E-state index is 0.0381. The third kappa shape index (κ3) is 6.21. The molecule has 1 aliphatic rings. The number of carbonyl (C=O) groups excluding carboxylic acids is 2. The van der Waals surface area contributed by atoms with Crippen molar-refractivity contribution in [3.05, 3.63) is 89.2 Å². The van der Waals surface area contributed by atoms with Gasteiger partial charge in [0.05, 0.1) is 23.4 Å². The molecule has 1 aromatic heterocycles. The van der Waals surface area contributed by atoms with Gasteiger partial charge in [-0.2, -0.15) is 5.26 Å². The molecule has 2 aromatic carbocycles. The minimum atomic E-state index is -1.17. The van der Waals surface area contributed by atoms with E-state index in [2.05, 4.69) is 11.1 Å². The van der Waals surface area contributed by atoms with Crippen molar-refractivity contribution in [2.45, 2.75) is 19.6 Å². The van der Waals surface area contributed by atoms with Crippen LogP contribution in [-0.4, -0.2) is 63.5 Å². The van der Waals surface area contributed by atoms with Crippen LogP contribution in [0, 0.1) is 11.3 Å². The molecule has 10 heteroatoms. The van der Waals surface area contributed by atoms with Crippen LogP contribution in [0.3, 0.4) is 0 Å². The van der Waals surface area contributed by atoms with Gasteiger partial charge in [-0.05, 0) is 55.0 Å². The van der Waals surface area contributed by atoms with Gasteiger partial charge in [-0.15, -0.1) is 0 Å². The highest BCUT2D eigenvalue weighted by Gasteiger charge is 2.31. The van der Waals surface area contributed by atoms with Gasteiger partial charge in [-0.25, -0.2) is 9.59 Å². The maximum Gasteiger partial charge on any atom is 0.415 e. The molecule has 37 heavy (non-hydrogen) atoms. The summed E-state index contributed by atoms with van der Waals surface area (Å²) in [6.07, 6.45) is 1.80. The second kappa shape index (κ2) is 11.2. The molecule has 0 aliphatic carbocycles. The van der Waals surface area contributed by atoms with Crippen molar-refractivity contribution in [2.24, 2.45) is 0 Å². The van der Waals surface area contributed by atoms with Crippen LogP contribution in [0.1, 0.15) is 38.8 Å². The number of aromatic carboxylic acids is 1. The summed E-state index contributed by atoms with van der Waals surface area (Å²) >= 11 is 0. The lowest BCUT2D eigenvalue weighted by Crippen LogP contribution is -2.56. The average Bonchev–Trinajstić information content (AvgIpc) is 2.92. The van der Waals surface area contributed by atoms with Gasteiger partial charge >= 0.3 is 12.1 Å². The predicted octanol–water partition coefficient (Wildman–Crippen LogP) is 3.58. The average molecular weight is 501 g/mol. The summed E-state index contributed by atoms with van der Waals surface area (Å²) in [6, 6.07) is 17.1. The van der Waals surface area contributed by atoms with Crippen LogP contribution in [0.4, 0.5) is 4.79 Å². The van der Waals surface area contributed by atoms with Gasteiger partial charge in [0, 0.05) is 37.4 Å². The van der Waals surface area contributed by atoms with E-state index in [4.69, 9.17) is 19.8 Å². The van der Waals surface area contributed by atoms with Crippen molar-refractivity contribution < 1.29 is 29.0 Å². The number of nitrogens with zero attached hydrogens (tertiary/aromatic N) is 4. The number of hydrogen-bond acceptors (Lipinski definition) is 7.